The molecule has 0 aliphatic carbocycles. The van der Waals surface area contributed by atoms with Crippen LogP contribution < -0.4 is 11.3 Å². The Kier molecular flexibility index (Phi) is 4.80. The van der Waals surface area contributed by atoms with Crippen molar-refractivity contribution in [3.8, 4) is 5.69 Å². The molecule has 0 atom stereocenters. The molecule has 0 aliphatic rings. The Hall–Kier alpha value is -2.02. The van der Waals surface area contributed by atoms with Crippen LogP contribution in [0, 0.1) is 0 Å². The number of primary amides is 1. The number of rotatable bonds is 4. The van der Waals surface area contributed by atoms with Crippen molar-refractivity contribution in [3.63, 3.8) is 0 Å². The predicted molar refractivity (Wildman–Crippen MR) is 97.3 cm³/mol. The maximum absolute atomic E-state index is 12.9. The molecule has 1 heterocycles. The maximum atomic E-state index is 12.9. The van der Waals surface area contributed by atoms with E-state index >= 15 is 0 Å². The third-order valence-electron chi connectivity index (χ3n) is 3.25. The van der Waals surface area contributed by atoms with Crippen LogP contribution >= 0.6 is 35.0 Å². The summed E-state index contributed by atoms with van der Waals surface area (Å²) in [6, 6.07) is 11.8. The highest BCUT2D eigenvalue weighted by Gasteiger charge is 2.14. The second-order valence-electron chi connectivity index (χ2n) is 4.91. The van der Waals surface area contributed by atoms with Gasteiger partial charge in [0.25, 0.3) is 5.56 Å². The van der Waals surface area contributed by atoms with Gasteiger partial charge in [-0.25, -0.2) is 4.98 Å². The third-order valence-corrected chi connectivity index (χ3v) is 4.95. The van der Waals surface area contributed by atoms with Gasteiger partial charge in [0.15, 0.2) is 5.16 Å². The van der Waals surface area contributed by atoms with Crippen molar-refractivity contribution >= 4 is 51.8 Å². The number of para-hydroxylation sites is 1. The monoisotopic (exact) mass is 379 g/mol. The number of aromatic nitrogens is 2. The molecule has 8 heteroatoms. The minimum atomic E-state index is -0.497. The van der Waals surface area contributed by atoms with Crippen LogP contribution in [0.3, 0.4) is 0 Å². The van der Waals surface area contributed by atoms with E-state index in [1.54, 1.807) is 42.5 Å². The summed E-state index contributed by atoms with van der Waals surface area (Å²) in [5, 5.41) is 1.52. The Morgan fingerprint density at radius 3 is 2.62 bits per heavy atom. The number of hydrogen-bond acceptors (Lipinski definition) is 4. The number of thioether (sulfide) groups is 1. The lowest BCUT2D eigenvalue weighted by molar-refractivity contribution is -0.115. The number of nitrogens with two attached hydrogens (primary N) is 1. The van der Waals surface area contributed by atoms with Crippen molar-refractivity contribution in [2.45, 2.75) is 5.16 Å². The van der Waals surface area contributed by atoms with Crippen LogP contribution in [0.2, 0.25) is 10.0 Å². The largest absolute Gasteiger partial charge is 0.369 e. The smallest absolute Gasteiger partial charge is 0.266 e. The molecule has 3 rings (SSSR count). The molecule has 2 N–H and O–H groups in total. The van der Waals surface area contributed by atoms with E-state index in [2.05, 4.69) is 4.98 Å². The highest BCUT2D eigenvalue weighted by Crippen LogP contribution is 2.27. The van der Waals surface area contributed by atoms with Gasteiger partial charge in [0, 0.05) is 0 Å². The fraction of sp³-hybridized carbons (Fsp3) is 0.0625. The second-order valence-corrected chi connectivity index (χ2v) is 6.66. The number of halogens is 2. The fourth-order valence-corrected chi connectivity index (χ4v) is 3.24. The molecule has 0 saturated heterocycles. The molecule has 1 amide bonds. The molecule has 0 aliphatic heterocycles. The SMILES string of the molecule is NC(=O)CSc1nc2ccccc2c(=O)n1-c1ccc(Cl)c(Cl)c1. The molecule has 0 fully saturated rings. The van der Waals surface area contributed by atoms with E-state index in [9.17, 15) is 9.59 Å². The average Bonchev–Trinajstić information content (AvgIpc) is 2.56. The number of fused-ring (bicyclic) bond motifs is 1. The predicted octanol–water partition coefficient (Wildman–Crippen LogP) is 3.27. The average molecular weight is 380 g/mol. The Balaban J connectivity index is 2.27. The summed E-state index contributed by atoms with van der Waals surface area (Å²) in [4.78, 5) is 28.5. The van der Waals surface area contributed by atoms with Gasteiger partial charge in [0.05, 0.1) is 32.4 Å². The first-order valence-electron chi connectivity index (χ1n) is 6.85. The van der Waals surface area contributed by atoms with Gasteiger partial charge >= 0.3 is 0 Å². The fourth-order valence-electron chi connectivity index (χ4n) is 2.20. The van der Waals surface area contributed by atoms with Crippen LogP contribution in [0.4, 0.5) is 0 Å². The lowest BCUT2D eigenvalue weighted by Gasteiger charge is -2.13. The van der Waals surface area contributed by atoms with E-state index in [4.69, 9.17) is 28.9 Å². The molecule has 0 unspecified atom stereocenters. The Morgan fingerprint density at radius 1 is 1.17 bits per heavy atom. The van der Waals surface area contributed by atoms with Crippen molar-refractivity contribution in [3.05, 3.63) is 62.9 Å². The molecule has 24 heavy (non-hydrogen) atoms. The first kappa shape index (κ1) is 16.8. The van der Waals surface area contributed by atoms with Crippen LogP contribution in [0.1, 0.15) is 0 Å². The van der Waals surface area contributed by atoms with E-state index in [1.807, 2.05) is 0 Å². The van der Waals surface area contributed by atoms with Crippen molar-refractivity contribution in [2.24, 2.45) is 5.73 Å². The van der Waals surface area contributed by atoms with Gasteiger partial charge in [-0.05, 0) is 30.3 Å². The molecule has 0 bridgehead atoms. The lowest BCUT2D eigenvalue weighted by Crippen LogP contribution is -2.23. The molecule has 3 aromatic rings. The molecule has 122 valence electrons. The number of nitrogens with zero attached hydrogens (tertiary/aromatic N) is 2. The van der Waals surface area contributed by atoms with Gasteiger partial charge in [-0.1, -0.05) is 47.1 Å². The zero-order chi connectivity index (χ0) is 17.3. The summed E-state index contributed by atoms with van der Waals surface area (Å²) >= 11 is 13.1. The summed E-state index contributed by atoms with van der Waals surface area (Å²) in [6.45, 7) is 0. The lowest BCUT2D eigenvalue weighted by atomic mass is 10.2. The molecule has 0 spiro atoms. The number of carbonyl (C=O) groups excluding carboxylic acids is 1. The minimum Gasteiger partial charge on any atom is -0.369 e. The quantitative estimate of drug-likeness (QED) is 0.557. The number of hydrogen-bond donors (Lipinski definition) is 1. The minimum absolute atomic E-state index is 0.00605. The van der Waals surface area contributed by atoms with Gasteiger partial charge in [-0.3, -0.25) is 14.2 Å². The zero-order valence-electron chi connectivity index (χ0n) is 12.2. The van der Waals surface area contributed by atoms with E-state index in [-0.39, 0.29) is 11.3 Å². The van der Waals surface area contributed by atoms with Gasteiger partial charge in [0.1, 0.15) is 0 Å². The van der Waals surface area contributed by atoms with Gasteiger partial charge in [0.2, 0.25) is 5.91 Å². The van der Waals surface area contributed by atoms with E-state index in [0.717, 1.165) is 11.8 Å². The number of amides is 1. The van der Waals surface area contributed by atoms with Crippen molar-refractivity contribution in [1.82, 2.24) is 9.55 Å². The summed E-state index contributed by atoms with van der Waals surface area (Å²) < 4.78 is 1.40. The third kappa shape index (κ3) is 3.26. The van der Waals surface area contributed by atoms with Crippen LogP contribution in [0.25, 0.3) is 16.6 Å². The summed E-state index contributed by atoms with van der Waals surface area (Å²) in [5.41, 5.74) is 6.01. The van der Waals surface area contributed by atoms with Crippen molar-refractivity contribution in [1.29, 1.82) is 0 Å². The maximum Gasteiger partial charge on any atom is 0.266 e. The van der Waals surface area contributed by atoms with E-state index in [0.29, 0.717) is 31.8 Å². The molecular weight excluding hydrogens is 369 g/mol. The van der Waals surface area contributed by atoms with Crippen molar-refractivity contribution < 1.29 is 4.79 Å². The molecule has 0 saturated carbocycles. The summed E-state index contributed by atoms with van der Waals surface area (Å²) in [7, 11) is 0. The zero-order valence-corrected chi connectivity index (χ0v) is 14.5. The summed E-state index contributed by atoms with van der Waals surface area (Å²) in [5.74, 6) is -0.491. The first-order valence-corrected chi connectivity index (χ1v) is 8.60. The molecule has 2 aromatic carbocycles. The Bertz CT molecular complexity index is 1000. The molecule has 1 aromatic heterocycles. The molecule has 0 radical (unpaired) electrons. The number of carbonyl (C=O) groups is 1. The normalized spacial score (nSPS) is 10.9. The van der Waals surface area contributed by atoms with Gasteiger partial charge in [-0.2, -0.15) is 0 Å². The van der Waals surface area contributed by atoms with E-state index in [1.165, 1.54) is 4.57 Å². The van der Waals surface area contributed by atoms with Crippen LogP contribution in [0.15, 0.2) is 52.4 Å². The van der Waals surface area contributed by atoms with Crippen LogP contribution in [-0.4, -0.2) is 21.2 Å². The highest BCUT2D eigenvalue weighted by atomic mass is 35.5. The Morgan fingerprint density at radius 2 is 1.92 bits per heavy atom. The highest BCUT2D eigenvalue weighted by molar-refractivity contribution is 7.99. The van der Waals surface area contributed by atoms with Crippen molar-refractivity contribution in [2.75, 3.05) is 5.75 Å². The van der Waals surface area contributed by atoms with E-state index < -0.39 is 5.91 Å². The Labute approximate surface area is 151 Å². The standard InChI is InChI=1S/C16H11Cl2N3O2S/c17-11-6-5-9(7-12(11)18)21-15(23)10-3-1-2-4-13(10)20-16(21)24-8-14(19)22/h1-7H,8H2,(H2,19,22). The molecule has 5 nitrogen and oxygen atoms in total. The van der Waals surface area contributed by atoms with Gasteiger partial charge in [-0.15, -0.1) is 0 Å². The topological polar surface area (TPSA) is 78.0 Å². The second kappa shape index (κ2) is 6.84. The van der Waals surface area contributed by atoms with Crippen LogP contribution in [-0.2, 0) is 4.79 Å². The number of benzene rings is 2. The molecular formula is C16H11Cl2N3O2S. The summed E-state index contributed by atoms with van der Waals surface area (Å²) in [6.07, 6.45) is 0. The van der Waals surface area contributed by atoms with Gasteiger partial charge < -0.3 is 5.73 Å². The first-order chi connectivity index (χ1) is 11.5. The van der Waals surface area contributed by atoms with Crippen LogP contribution in [0.5, 0.6) is 0 Å².